The maximum atomic E-state index is 4.73. The summed E-state index contributed by atoms with van der Waals surface area (Å²) < 4.78 is 2.11. The van der Waals surface area contributed by atoms with Gasteiger partial charge in [-0.2, -0.15) is 0 Å². The largest absolute Gasteiger partial charge is 0.297 e. The summed E-state index contributed by atoms with van der Waals surface area (Å²) in [6.07, 6.45) is 6.22. The van der Waals surface area contributed by atoms with E-state index >= 15 is 0 Å². The Bertz CT molecular complexity index is 673. The Kier molecular flexibility index (Phi) is 4.82. The lowest BCUT2D eigenvalue weighted by Crippen LogP contribution is -2.30. The third-order valence-corrected chi connectivity index (χ3v) is 6.84. The van der Waals surface area contributed by atoms with E-state index in [1.165, 1.54) is 5.56 Å². The highest BCUT2D eigenvalue weighted by Gasteiger charge is 2.29. The molecule has 0 atom stereocenters. The maximum absolute atomic E-state index is 4.73. The summed E-state index contributed by atoms with van der Waals surface area (Å²) in [6, 6.07) is 10.7. The first-order valence-electron chi connectivity index (χ1n) is 6.82. The molecular weight excluding hydrogens is 412 g/mol. The van der Waals surface area contributed by atoms with Crippen molar-refractivity contribution in [2.75, 3.05) is 10.7 Å². The quantitative estimate of drug-likeness (QED) is 0.508. The zero-order valence-electron chi connectivity index (χ0n) is 11.5. The first-order chi connectivity index (χ1) is 10.2. The number of benzene rings is 1. The molecule has 0 amide bonds. The van der Waals surface area contributed by atoms with Crippen molar-refractivity contribution in [1.29, 1.82) is 0 Å². The average molecular weight is 428 g/mol. The van der Waals surface area contributed by atoms with Gasteiger partial charge in [0, 0.05) is 28.4 Å². The van der Waals surface area contributed by atoms with Gasteiger partial charge in [0.1, 0.15) is 0 Å². The molecule has 0 aliphatic rings. The topological polar surface area (TPSA) is 17.3 Å². The normalized spacial score (nSPS) is 12.1. The van der Waals surface area contributed by atoms with Gasteiger partial charge < -0.3 is 0 Å². The van der Waals surface area contributed by atoms with Gasteiger partial charge in [-0.1, -0.05) is 62.2 Å². The van der Waals surface area contributed by atoms with Crippen molar-refractivity contribution in [3.63, 3.8) is 0 Å². The molecule has 1 aromatic carbocycles. The van der Waals surface area contributed by atoms with Crippen LogP contribution in [0.15, 0.2) is 48.1 Å². The number of thiazole rings is 1. The average Bonchev–Trinajstić information content (AvgIpc) is 3.08. The van der Waals surface area contributed by atoms with Crippen LogP contribution in [0.3, 0.4) is 0 Å². The molecule has 3 aromatic rings. The van der Waals surface area contributed by atoms with Crippen molar-refractivity contribution in [3.8, 4) is 0 Å². The number of hydrogen-bond donors (Lipinski definition) is 0. The molecule has 5 heteroatoms. The van der Waals surface area contributed by atoms with Crippen molar-refractivity contribution < 1.29 is 0 Å². The van der Waals surface area contributed by atoms with E-state index < -0.39 is 0 Å². The molecule has 0 fully saturated rings. The highest BCUT2D eigenvalue weighted by Crippen LogP contribution is 2.32. The first-order valence-corrected chi connectivity index (χ1v) is 9.94. The summed E-state index contributed by atoms with van der Waals surface area (Å²) >= 11 is 9.12. The number of halogens is 2. The molecule has 0 unspecified atom stereocenters. The van der Waals surface area contributed by atoms with E-state index in [4.69, 9.17) is 4.98 Å². The van der Waals surface area contributed by atoms with Crippen molar-refractivity contribution >= 4 is 48.2 Å². The number of fused-ring (bicyclic) bond motifs is 1. The summed E-state index contributed by atoms with van der Waals surface area (Å²) in [4.78, 5) is 5.81. The summed E-state index contributed by atoms with van der Waals surface area (Å²) in [5, 5.41) is 3.97. The molecular formula is C16H16Br2N2S. The van der Waals surface area contributed by atoms with Gasteiger partial charge in [-0.05, 0) is 23.8 Å². The molecule has 0 saturated heterocycles. The predicted molar refractivity (Wildman–Crippen MR) is 96.9 cm³/mol. The Morgan fingerprint density at radius 1 is 1.10 bits per heavy atom. The molecule has 3 rings (SSSR count). The minimum absolute atomic E-state index is 0.144. The number of imidazole rings is 1. The Morgan fingerprint density at radius 2 is 1.86 bits per heavy atom. The fourth-order valence-corrected chi connectivity index (χ4v) is 5.00. The minimum Gasteiger partial charge on any atom is -0.297 e. The van der Waals surface area contributed by atoms with E-state index in [0.29, 0.717) is 0 Å². The van der Waals surface area contributed by atoms with Crippen LogP contribution in [-0.4, -0.2) is 20.0 Å². The van der Waals surface area contributed by atoms with E-state index in [-0.39, 0.29) is 5.41 Å². The Balaban J connectivity index is 1.84. The molecule has 2 heterocycles. The van der Waals surface area contributed by atoms with E-state index in [9.17, 15) is 0 Å². The van der Waals surface area contributed by atoms with Crippen LogP contribution in [0.25, 0.3) is 4.96 Å². The predicted octanol–water partition coefficient (Wildman–Crippen LogP) is 4.96. The SMILES string of the molecule is BrCC(CBr)(Cc1ccccc1)Cc1cn2ccsc2n1. The number of rotatable bonds is 6. The summed E-state index contributed by atoms with van der Waals surface area (Å²) in [5.41, 5.74) is 2.68. The van der Waals surface area contributed by atoms with Gasteiger partial charge in [0.05, 0.1) is 5.69 Å². The molecule has 0 aliphatic heterocycles. The standard InChI is InChI=1S/C16H16Br2N2S/c17-11-16(12-18,8-13-4-2-1-3-5-13)9-14-10-20-6-7-21-15(20)19-14/h1-7,10H,8-9,11-12H2. The van der Waals surface area contributed by atoms with Crippen LogP contribution in [0.4, 0.5) is 0 Å². The van der Waals surface area contributed by atoms with Gasteiger partial charge >= 0.3 is 0 Å². The van der Waals surface area contributed by atoms with Crippen LogP contribution in [-0.2, 0) is 12.8 Å². The second-order valence-corrected chi connectivity index (χ2v) is 7.43. The number of aromatic nitrogens is 2. The lowest BCUT2D eigenvalue weighted by atomic mass is 9.81. The van der Waals surface area contributed by atoms with Crippen molar-refractivity contribution in [1.82, 2.24) is 9.38 Å². The number of alkyl halides is 2. The summed E-state index contributed by atoms with van der Waals surface area (Å²) in [7, 11) is 0. The Hall–Kier alpha value is -0.650. The van der Waals surface area contributed by atoms with Gasteiger partial charge in [0.25, 0.3) is 0 Å². The lowest BCUT2D eigenvalue weighted by molar-refractivity contribution is 0.382. The zero-order chi connectivity index (χ0) is 14.7. The third kappa shape index (κ3) is 3.41. The van der Waals surface area contributed by atoms with Gasteiger partial charge in [0.15, 0.2) is 4.96 Å². The molecule has 21 heavy (non-hydrogen) atoms. The van der Waals surface area contributed by atoms with E-state index in [2.05, 4.69) is 84.4 Å². The van der Waals surface area contributed by atoms with Crippen LogP contribution in [0.1, 0.15) is 11.3 Å². The second kappa shape index (κ2) is 6.63. The van der Waals surface area contributed by atoms with Gasteiger partial charge in [0.2, 0.25) is 0 Å². The Labute approximate surface area is 145 Å². The summed E-state index contributed by atoms with van der Waals surface area (Å²) in [6.45, 7) is 0. The zero-order valence-corrected chi connectivity index (χ0v) is 15.5. The summed E-state index contributed by atoms with van der Waals surface area (Å²) in [5.74, 6) is 0. The van der Waals surface area contributed by atoms with Crippen molar-refractivity contribution in [2.45, 2.75) is 12.8 Å². The van der Waals surface area contributed by atoms with Crippen molar-refractivity contribution in [2.24, 2.45) is 5.41 Å². The lowest BCUT2D eigenvalue weighted by Gasteiger charge is -2.29. The maximum Gasteiger partial charge on any atom is 0.193 e. The number of hydrogen-bond acceptors (Lipinski definition) is 2. The van der Waals surface area contributed by atoms with Crippen LogP contribution in [0.2, 0.25) is 0 Å². The van der Waals surface area contributed by atoms with E-state index in [1.807, 2.05) is 0 Å². The molecule has 0 spiro atoms. The second-order valence-electron chi connectivity index (χ2n) is 5.43. The fraction of sp³-hybridized carbons (Fsp3) is 0.312. The molecule has 2 nitrogen and oxygen atoms in total. The highest BCUT2D eigenvalue weighted by atomic mass is 79.9. The molecule has 0 N–H and O–H groups in total. The highest BCUT2D eigenvalue weighted by molar-refractivity contribution is 9.09. The van der Waals surface area contributed by atoms with Gasteiger partial charge in [-0.15, -0.1) is 11.3 Å². The monoisotopic (exact) mass is 426 g/mol. The number of nitrogens with zero attached hydrogens (tertiary/aromatic N) is 2. The molecule has 0 bridgehead atoms. The van der Waals surface area contributed by atoms with Crippen LogP contribution in [0.5, 0.6) is 0 Å². The molecule has 2 aromatic heterocycles. The van der Waals surface area contributed by atoms with E-state index in [0.717, 1.165) is 34.2 Å². The molecule has 0 aliphatic carbocycles. The first kappa shape index (κ1) is 15.3. The molecule has 0 radical (unpaired) electrons. The molecule has 0 saturated carbocycles. The fourth-order valence-electron chi connectivity index (χ4n) is 2.56. The third-order valence-electron chi connectivity index (χ3n) is 3.69. The molecule has 110 valence electrons. The van der Waals surface area contributed by atoms with Crippen LogP contribution < -0.4 is 0 Å². The smallest absolute Gasteiger partial charge is 0.193 e. The van der Waals surface area contributed by atoms with Gasteiger partial charge in [-0.3, -0.25) is 4.40 Å². The Morgan fingerprint density at radius 3 is 2.52 bits per heavy atom. The minimum atomic E-state index is 0.144. The van der Waals surface area contributed by atoms with E-state index in [1.54, 1.807) is 11.3 Å². The van der Waals surface area contributed by atoms with Crippen LogP contribution in [0, 0.1) is 5.41 Å². The van der Waals surface area contributed by atoms with Gasteiger partial charge in [-0.25, -0.2) is 4.98 Å². The van der Waals surface area contributed by atoms with Crippen molar-refractivity contribution in [3.05, 3.63) is 59.4 Å². The van der Waals surface area contributed by atoms with Crippen LogP contribution >= 0.6 is 43.2 Å².